The Balaban J connectivity index is 2.26. The number of hydrogen-bond acceptors (Lipinski definition) is 2. The molecule has 14 heavy (non-hydrogen) atoms. The van der Waals surface area contributed by atoms with E-state index < -0.39 is 0 Å². The van der Waals surface area contributed by atoms with Crippen molar-refractivity contribution in [2.24, 2.45) is 11.7 Å². The Labute approximate surface area is 86.4 Å². The van der Waals surface area contributed by atoms with Crippen LogP contribution in [0.5, 0.6) is 0 Å². The molecule has 1 fully saturated rings. The minimum Gasteiger partial charge on any atom is -0.352 e. The summed E-state index contributed by atoms with van der Waals surface area (Å²) in [5.74, 6) is 0.786. The highest BCUT2D eigenvalue weighted by Gasteiger charge is 2.24. The van der Waals surface area contributed by atoms with Gasteiger partial charge in [0, 0.05) is 6.04 Å². The maximum absolute atomic E-state index is 11.6. The number of amides is 1. The number of nitrogens with two attached hydrogens (primary N) is 1. The lowest BCUT2D eigenvalue weighted by molar-refractivity contribution is -0.123. The van der Waals surface area contributed by atoms with Gasteiger partial charge in [-0.3, -0.25) is 4.79 Å². The molecular formula is C11H22N2O. The van der Waals surface area contributed by atoms with Crippen LogP contribution in [0, 0.1) is 5.92 Å². The van der Waals surface area contributed by atoms with E-state index >= 15 is 0 Å². The largest absolute Gasteiger partial charge is 0.352 e. The van der Waals surface area contributed by atoms with Crippen molar-refractivity contribution in [1.29, 1.82) is 0 Å². The maximum atomic E-state index is 11.6. The lowest BCUT2D eigenvalue weighted by Gasteiger charge is -2.16. The van der Waals surface area contributed by atoms with Crippen molar-refractivity contribution >= 4 is 5.91 Å². The first-order valence-electron chi connectivity index (χ1n) is 5.69. The molecule has 0 heterocycles. The summed E-state index contributed by atoms with van der Waals surface area (Å²) in [7, 11) is 0. The average Bonchev–Trinajstić information content (AvgIpc) is 2.51. The Morgan fingerprint density at radius 3 is 2.79 bits per heavy atom. The van der Waals surface area contributed by atoms with Crippen LogP contribution >= 0.6 is 0 Å². The van der Waals surface area contributed by atoms with Crippen LogP contribution in [0.15, 0.2) is 0 Å². The van der Waals surface area contributed by atoms with Gasteiger partial charge in [-0.05, 0) is 31.6 Å². The molecule has 1 amide bonds. The topological polar surface area (TPSA) is 55.1 Å². The van der Waals surface area contributed by atoms with Crippen LogP contribution in [-0.4, -0.2) is 18.0 Å². The Kier molecular flexibility index (Phi) is 4.39. The summed E-state index contributed by atoms with van der Waals surface area (Å²) in [5.41, 5.74) is 5.73. The number of hydrogen-bond donors (Lipinski definition) is 2. The monoisotopic (exact) mass is 198 g/mol. The minimum atomic E-state index is -0.309. The summed E-state index contributed by atoms with van der Waals surface area (Å²) in [6.07, 6.45) is 5.22. The molecule has 1 aliphatic carbocycles. The fourth-order valence-electron chi connectivity index (χ4n) is 2.09. The first-order valence-corrected chi connectivity index (χ1v) is 5.69. The molecule has 3 nitrogen and oxygen atoms in total. The van der Waals surface area contributed by atoms with Crippen LogP contribution < -0.4 is 11.1 Å². The molecule has 0 aliphatic heterocycles. The smallest absolute Gasteiger partial charge is 0.237 e. The van der Waals surface area contributed by atoms with Crippen molar-refractivity contribution in [2.45, 2.75) is 58.0 Å². The van der Waals surface area contributed by atoms with E-state index in [0.29, 0.717) is 6.04 Å². The Bertz CT molecular complexity index is 194. The summed E-state index contributed by atoms with van der Waals surface area (Å²) >= 11 is 0. The van der Waals surface area contributed by atoms with Gasteiger partial charge in [-0.25, -0.2) is 0 Å². The van der Waals surface area contributed by atoms with Gasteiger partial charge in [0.05, 0.1) is 6.04 Å². The maximum Gasteiger partial charge on any atom is 0.237 e. The molecule has 0 aromatic heterocycles. The van der Waals surface area contributed by atoms with Crippen LogP contribution in [0.2, 0.25) is 0 Å². The van der Waals surface area contributed by atoms with E-state index in [1.807, 2.05) is 6.92 Å². The van der Waals surface area contributed by atoms with Gasteiger partial charge < -0.3 is 11.1 Å². The number of carbonyl (C=O) groups is 1. The number of carbonyl (C=O) groups excluding carboxylic acids is 1. The van der Waals surface area contributed by atoms with Crippen molar-refractivity contribution < 1.29 is 4.79 Å². The second-order valence-corrected chi connectivity index (χ2v) is 4.52. The summed E-state index contributed by atoms with van der Waals surface area (Å²) < 4.78 is 0. The van der Waals surface area contributed by atoms with Gasteiger partial charge in [-0.1, -0.05) is 20.3 Å². The normalized spacial score (nSPS) is 28.8. The fraction of sp³-hybridized carbons (Fsp3) is 0.909. The first-order chi connectivity index (χ1) is 6.63. The molecule has 1 rings (SSSR count). The van der Waals surface area contributed by atoms with Gasteiger partial charge in [0.1, 0.15) is 0 Å². The highest BCUT2D eigenvalue weighted by Crippen LogP contribution is 2.24. The second kappa shape index (κ2) is 5.35. The SMILES string of the molecule is CCC[C@H](N)C(=O)NC1CCC(C)C1. The molecule has 3 atom stereocenters. The third-order valence-electron chi connectivity index (χ3n) is 2.98. The Morgan fingerprint density at radius 2 is 2.29 bits per heavy atom. The molecule has 0 aromatic carbocycles. The van der Waals surface area contributed by atoms with Crippen LogP contribution in [0.1, 0.15) is 46.0 Å². The molecule has 1 saturated carbocycles. The fourth-order valence-corrected chi connectivity index (χ4v) is 2.09. The zero-order chi connectivity index (χ0) is 10.6. The summed E-state index contributed by atoms with van der Waals surface area (Å²) in [6.45, 7) is 4.28. The highest BCUT2D eigenvalue weighted by atomic mass is 16.2. The van der Waals surface area contributed by atoms with Crippen LogP contribution in [0.4, 0.5) is 0 Å². The van der Waals surface area contributed by atoms with E-state index in [0.717, 1.165) is 31.6 Å². The van der Waals surface area contributed by atoms with E-state index in [4.69, 9.17) is 5.73 Å². The van der Waals surface area contributed by atoms with E-state index in [1.165, 1.54) is 6.42 Å². The van der Waals surface area contributed by atoms with Crippen molar-refractivity contribution in [3.8, 4) is 0 Å². The van der Waals surface area contributed by atoms with Gasteiger partial charge >= 0.3 is 0 Å². The second-order valence-electron chi connectivity index (χ2n) is 4.52. The van der Waals surface area contributed by atoms with Gasteiger partial charge in [-0.15, -0.1) is 0 Å². The van der Waals surface area contributed by atoms with Crippen LogP contribution in [-0.2, 0) is 4.79 Å². The molecule has 1 aliphatic rings. The molecule has 3 N–H and O–H groups in total. The number of nitrogens with one attached hydrogen (secondary N) is 1. The predicted molar refractivity (Wildman–Crippen MR) is 57.8 cm³/mol. The molecule has 0 aromatic rings. The summed E-state index contributed by atoms with van der Waals surface area (Å²) in [4.78, 5) is 11.6. The van der Waals surface area contributed by atoms with Gasteiger partial charge in [0.2, 0.25) is 5.91 Å². The molecule has 0 spiro atoms. The van der Waals surface area contributed by atoms with Gasteiger partial charge in [-0.2, -0.15) is 0 Å². The minimum absolute atomic E-state index is 0.0333. The van der Waals surface area contributed by atoms with Gasteiger partial charge in [0.15, 0.2) is 0 Å². The third kappa shape index (κ3) is 3.29. The zero-order valence-electron chi connectivity index (χ0n) is 9.25. The molecule has 0 radical (unpaired) electrons. The van der Waals surface area contributed by atoms with Crippen molar-refractivity contribution in [1.82, 2.24) is 5.32 Å². The van der Waals surface area contributed by atoms with E-state index in [1.54, 1.807) is 0 Å². The summed E-state index contributed by atoms with van der Waals surface area (Å²) in [5, 5.41) is 3.03. The van der Waals surface area contributed by atoms with E-state index in [9.17, 15) is 4.79 Å². The van der Waals surface area contributed by atoms with Crippen molar-refractivity contribution in [2.75, 3.05) is 0 Å². The van der Waals surface area contributed by atoms with E-state index in [2.05, 4.69) is 12.2 Å². The quantitative estimate of drug-likeness (QED) is 0.717. The highest BCUT2D eigenvalue weighted by molar-refractivity contribution is 5.81. The Hall–Kier alpha value is -0.570. The standard InChI is InChI=1S/C11H22N2O/c1-3-4-10(12)11(14)13-9-6-5-8(2)7-9/h8-10H,3-7,12H2,1-2H3,(H,13,14)/t8?,9?,10-/m0/s1. The lowest BCUT2D eigenvalue weighted by Crippen LogP contribution is -2.44. The Morgan fingerprint density at radius 1 is 1.57 bits per heavy atom. The predicted octanol–water partition coefficient (Wildman–Crippen LogP) is 1.42. The lowest BCUT2D eigenvalue weighted by atomic mass is 10.1. The third-order valence-corrected chi connectivity index (χ3v) is 2.98. The molecular weight excluding hydrogens is 176 g/mol. The zero-order valence-corrected chi connectivity index (χ0v) is 9.25. The van der Waals surface area contributed by atoms with Crippen molar-refractivity contribution in [3.63, 3.8) is 0 Å². The first kappa shape index (κ1) is 11.5. The van der Waals surface area contributed by atoms with Crippen molar-refractivity contribution in [3.05, 3.63) is 0 Å². The molecule has 0 bridgehead atoms. The molecule has 82 valence electrons. The molecule has 0 saturated heterocycles. The van der Waals surface area contributed by atoms with Crippen LogP contribution in [0.3, 0.4) is 0 Å². The van der Waals surface area contributed by atoms with E-state index in [-0.39, 0.29) is 11.9 Å². The van der Waals surface area contributed by atoms with Gasteiger partial charge in [0.25, 0.3) is 0 Å². The number of rotatable bonds is 4. The molecule has 3 heteroatoms. The average molecular weight is 198 g/mol. The summed E-state index contributed by atoms with van der Waals surface area (Å²) in [6, 6.07) is 0.0660. The molecule has 2 unspecified atom stereocenters. The van der Waals surface area contributed by atoms with Crippen LogP contribution in [0.25, 0.3) is 0 Å².